The molecule has 2 saturated carbocycles. The zero-order valence-electron chi connectivity index (χ0n) is 29.9. The number of cyclic esters (lactones) is 1. The van der Waals surface area contributed by atoms with Crippen molar-refractivity contribution in [2.45, 2.75) is 115 Å². The lowest BCUT2D eigenvalue weighted by Crippen LogP contribution is -2.50. The number of likely N-dealkylation sites (tertiary alicyclic amines) is 1. The van der Waals surface area contributed by atoms with Crippen LogP contribution >= 0.6 is 0 Å². The highest BCUT2D eigenvalue weighted by Crippen LogP contribution is 2.42. The zero-order chi connectivity index (χ0) is 36.5. The molecule has 4 aliphatic rings. The number of carbonyl (C=O) groups is 4. The first-order chi connectivity index (χ1) is 24.4. The number of anilines is 1. The van der Waals surface area contributed by atoms with Gasteiger partial charge in [-0.2, -0.15) is 0 Å². The van der Waals surface area contributed by atoms with Crippen LogP contribution in [0.25, 0.3) is 10.9 Å². The molecule has 51 heavy (non-hydrogen) atoms. The summed E-state index contributed by atoms with van der Waals surface area (Å²) in [6, 6.07) is 5.38. The molecule has 2 aliphatic heterocycles. The summed E-state index contributed by atoms with van der Waals surface area (Å²) in [7, 11) is 0. The number of ether oxygens (including phenoxy) is 2. The number of fused-ring (bicyclic) bond motifs is 3. The number of alkyl halides is 3. The van der Waals surface area contributed by atoms with E-state index in [0.717, 1.165) is 32.1 Å². The Morgan fingerprint density at radius 3 is 2.33 bits per heavy atom. The Morgan fingerprint density at radius 2 is 1.69 bits per heavy atom. The van der Waals surface area contributed by atoms with E-state index < -0.39 is 55.5 Å². The first-order valence-electron chi connectivity index (χ1n) is 18.6. The van der Waals surface area contributed by atoms with Crippen LogP contribution in [0.3, 0.4) is 0 Å². The van der Waals surface area contributed by atoms with Crippen LogP contribution < -0.4 is 10.6 Å². The Balaban J connectivity index is 1.17. The maximum atomic E-state index is 14.2. The number of halogens is 3. The molecule has 2 aliphatic carbocycles. The molecule has 0 spiro atoms. The van der Waals surface area contributed by atoms with E-state index >= 15 is 0 Å². The van der Waals surface area contributed by atoms with Gasteiger partial charge in [0, 0.05) is 29.6 Å². The number of nitrogens with zero attached hydrogens (tertiary/aromatic N) is 2. The van der Waals surface area contributed by atoms with Crippen LogP contribution in [0.4, 0.5) is 23.7 Å². The molecule has 2 N–H and O–H groups in total. The minimum Gasteiger partial charge on any atom is -0.444 e. The zero-order valence-corrected chi connectivity index (χ0v) is 29.9. The molecule has 0 unspecified atom stereocenters. The summed E-state index contributed by atoms with van der Waals surface area (Å²) in [5, 5.41) is 6.42. The highest BCUT2D eigenvalue weighted by Gasteiger charge is 2.49. The second kappa shape index (κ2) is 15.1. The number of hydrogen-bond donors (Lipinski definition) is 2. The van der Waals surface area contributed by atoms with Crippen molar-refractivity contribution >= 4 is 40.5 Å². The van der Waals surface area contributed by atoms with Crippen molar-refractivity contribution in [3.8, 4) is 0 Å². The summed E-state index contributed by atoms with van der Waals surface area (Å²) in [6.07, 6.45) is 8.20. The van der Waals surface area contributed by atoms with E-state index in [4.69, 9.17) is 9.47 Å². The third kappa shape index (κ3) is 7.58. The molecular weight excluding hydrogens is 665 g/mol. The molecule has 0 radical (unpaired) electrons. The fraction of sp³-hybridized carbons (Fsp3) is 0.684. The van der Waals surface area contributed by atoms with Crippen LogP contribution in [-0.4, -0.2) is 77.6 Å². The van der Waals surface area contributed by atoms with E-state index in [9.17, 15) is 32.3 Å². The van der Waals surface area contributed by atoms with Gasteiger partial charge < -0.3 is 25.0 Å². The summed E-state index contributed by atoms with van der Waals surface area (Å²) >= 11 is 0. The van der Waals surface area contributed by atoms with Gasteiger partial charge in [0.25, 0.3) is 0 Å². The molecule has 3 atom stereocenters. The lowest BCUT2D eigenvalue weighted by Gasteiger charge is -2.37. The molecule has 6 rings (SSSR count). The van der Waals surface area contributed by atoms with Gasteiger partial charge in [0.1, 0.15) is 17.3 Å². The smallest absolute Gasteiger partial charge is 0.407 e. The van der Waals surface area contributed by atoms with Crippen molar-refractivity contribution in [2.24, 2.45) is 23.7 Å². The van der Waals surface area contributed by atoms with E-state index in [-0.39, 0.29) is 41.7 Å². The molecule has 3 fully saturated rings. The SMILES string of the molecule is CC(C)(C)OC(=O)N[C@H](CCF)C1CCC(C(=O)N2CC[C@@H](C3CCCCC3)[C@H]2C(=O)Nc2ccc3c(c2)cc2n3C(CF)(CF)OC2=O)CC1. The molecule has 2 aromatic rings. The van der Waals surface area contributed by atoms with Gasteiger partial charge in [-0.3, -0.25) is 18.5 Å². The number of rotatable bonds is 10. The van der Waals surface area contributed by atoms with Gasteiger partial charge in [-0.15, -0.1) is 0 Å². The van der Waals surface area contributed by atoms with Crippen LogP contribution in [0.1, 0.15) is 102 Å². The average molecular weight is 717 g/mol. The molecule has 13 heteroatoms. The first-order valence-corrected chi connectivity index (χ1v) is 18.6. The van der Waals surface area contributed by atoms with Crippen LogP contribution in [-0.2, 0) is 24.8 Å². The average Bonchev–Trinajstić information content (AvgIpc) is 3.80. The highest BCUT2D eigenvalue weighted by molar-refractivity contribution is 6.02. The molecule has 10 nitrogen and oxygen atoms in total. The van der Waals surface area contributed by atoms with Crippen molar-refractivity contribution in [2.75, 3.05) is 31.9 Å². The summed E-state index contributed by atoms with van der Waals surface area (Å²) < 4.78 is 53.2. The molecular formula is C38H51F3N4O6. The molecule has 1 aromatic heterocycles. The summed E-state index contributed by atoms with van der Waals surface area (Å²) in [4.78, 5) is 55.2. The van der Waals surface area contributed by atoms with Crippen molar-refractivity contribution in [1.29, 1.82) is 0 Å². The van der Waals surface area contributed by atoms with Crippen molar-refractivity contribution in [1.82, 2.24) is 14.8 Å². The van der Waals surface area contributed by atoms with Gasteiger partial charge in [-0.25, -0.2) is 18.4 Å². The quantitative estimate of drug-likeness (QED) is 0.251. The number of carbonyl (C=O) groups excluding carboxylic acids is 4. The van der Waals surface area contributed by atoms with E-state index in [0.29, 0.717) is 54.7 Å². The Hall–Kier alpha value is -3.77. The third-order valence-electron chi connectivity index (χ3n) is 11.5. The fourth-order valence-corrected chi connectivity index (χ4v) is 9.04. The first kappa shape index (κ1) is 37.0. The monoisotopic (exact) mass is 716 g/mol. The van der Waals surface area contributed by atoms with E-state index in [1.165, 1.54) is 17.1 Å². The normalized spacial score (nSPS) is 25.7. The Morgan fingerprint density at radius 1 is 0.980 bits per heavy atom. The fourth-order valence-electron chi connectivity index (χ4n) is 9.04. The van der Waals surface area contributed by atoms with E-state index in [1.807, 2.05) is 0 Å². The second-order valence-corrected chi connectivity index (χ2v) is 15.9. The van der Waals surface area contributed by atoms with Crippen LogP contribution in [0.2, 0.25) is 0 Å². The summed E-state index contributed by atoms with van der Waals surface area (Å²) in [5.74, 6) is -1.04. The van der Waals surface area contributed by atoms with Crippen molar-refractivity contribution in [3.05, 3.63) is 30.0 Å². The standard InChI is InChI=1S/C38H51F3N4O6/c1-37(2,3)51-36(49)43-29(15-17-39)24-9-11-25(12-10-24)34(47)44-18-16-28(23-7-5-4-6-8-23)32(44)33(46)42-27-13-14-30-26(19-27)20-31-35(48)50-38(21-40,22-41)45(30)31/h13-14,19-20,23-25,28-29,32H,4-12,15-18,21-22H2,1-3H3,(H,42,46)(H,43,49)/t24?,25?,28-,29+,32-/m0/s1. The van der Waals surface area contributed by atoms with Crippen LogP contribution in [0, 0.1) is 23.7 Å². The number of aromatic nitrogens is 1. The highest BCUT2D eigenvalue weighted by atomic mass is 19.1. The second-order valence-electron chi connectivity index (χ2n) is 15.9. The summed E-state index contributed by atoms with van der Waals surface area (Å²) in [5.41, 5.74) is -1.81. The largest absolute Gasteiger partial charge is 0.444 e. The Kier molecular flexibility index (Phi) is 10.9. The van der Waals surface area contributed by atoms with Crippen molar-refractivity contribution < 1.29 is 41.8 Å². The maximum absolute atomic E-state index is 14.2. The number of amides is 3. The predicted molar refractivity (Wildman–Crippen MR) is 185 cm³/mol. The lowest BCUT2D eigenvalue weighted by atomic mass is 9.75. The Labute approximate surface area is 297 Å². The molecule has 3 heterocycles. The summed E-state index contributed by atoms with van der Waals surface area (Å²) in [6.45, 7) is 2.80. The number of hydrogen-bond acceptors (Lipinski definition) is 6. The number of benzene rings is 1. The molecule has 1 aromatic carbocycles. The predicted octanol–water partition coefficient (Wildman–Crippen LogP) is 7.20. The minimum atomic E-state index is -2.04. The number of nitrogens with one attached hydrogen (secondary N) is 2. The molecule has 3 amide bonds. The topological polar surface area (TPSA) is 119 Å². The van der Waals surface area contributed by atoms with E-state index in [2.05, 4.69) is 10.6 Å². The number of alkyl carbamates (subject to hydrolysis) is 1. The van der Waals surface area contributed by atoms with Gasteiger partial charge in [-0.1, -0.05) is 32.1 Å². The van der Waals surface area contributed by atoms with Crippen LogP contribution in [0.15, 0.2) is 24.3 Å². The van der Waals surface area contributed by atoms with E-state index in [1.54, 1.807) is 43.9 Å². The van der Waals surface area contributed by atoms with Gasteiger partial charge in [0.05, 0.1) is 12.2 Å². The molecule has 0 bridgehead atoms. The van der Waals surface area contributed by atoms with Gasteiger partial charge in [-0.05, 0) is 101 Å². The maximum Gasteiger partial charge on any atom is 0.407 e. The third-order valence-corrected chi connectivity index (χ3v) is 11.5. The Bertz CT molecular complexity index is 1610. The van der Waals surface area contributed by atoms with Gasteiger partial charge in [0.2, 0.25) is 17.5 Å². The van der Waals surface area contributed by atoms with Gasteiger partial charge in [0.15, 0.2) is 13.3 Å². The van der Waals surface area contributed by atoms with Crippen LogP contribution in [0.5, 0.6) is 0 Å². The van der Waals surface area contributed by atoms with Gasteiger partial charge >= 0.3 is 12.1 Å². The molecule has 280 valence electrons. The number of esters is 1. The van der Waals surface area contributed by atoms with Crippen molar-refractivity contribution in [3.63, 3.8) is 0 Å². The minimum absolute atomic E-state index is 0.0115. The lowest BCUT2D eigenvalue weighted by molar-refractivity contribution is -0.142. The molecule has 1 saturated heterocycles.